The molecule has 2 aliphatic heterocycles. The number of esters is 1. The Bertz CT molecular complexity index is 1690. The summed E-state index contributed by atoms with van der Waals surface area (Å²) in [6.45, 7) is 16.9. The minimum absolute atomic E-state index is 0. The maximum atomic E-state index is 13.7. The lowest BCUT2D eigenvalue weighted by Gasteiger charge is -2.61. The number of carbonyl (C=O) groups excluding carboxylic acids is 3. The molecule has 53 heavy (non-hydrogen) atoms. The first-order valence-corrected chi connectivity index (χ1v) is 19.0. The van der Waals surface area contributed by atoms with Crippen molar-refractivity contribution in [1.82, 2.24) is 29.3 Å². The van der Waals surface area contributed by atoms with Gasteiger partial charge in [-0.15, -0.1) is 31.4 Å². The molecule has 2 aromatic rings. The molecule has 2 aromatic heterocycles. The van der Waals surface area contributed by atoms with Gasteiger partial charge in [0, 0.05) is 81.4 Å². The number of hydrogen-bond acceptors (Lipinski definition) is 11. The predicted octanol–water partition coefficient (Wildman–Crippen LogP) is 3.65. The zero-order valence-electron chi connectivity index (χ0n) is 31.6. The highest BCUT2D eigenvalue weighted by Crippen LogP contribution is 2.68. The second-order valence-electron chi connectivity index (χ2n) is 16.8. The molecule has 2 saturated heterocycles. The van der Waals surface area contributed by atoms with Crippen LogP contribution in [0.15, 0.2) is 25.3 Å². The Morgan fingerprint density at radius 1 is 1.08 bits per heavy atom. The fourth-order valence-electron chi connectivity index (χ4n) is 10.7. The number of amides is 1. The third-order valence-electron chi connectivity index (χ3n) is 14.1. The molecule has 3 saturated carbocycles. The first kappa shape index (κ1) is 41.3. The average molecular weight is 778 g/mol. The molecule has 0 spiro atoms. The molecular weight excluding hydrogens is 719 g/mol. The zero-order chi connectivity index (χ0) is 36.3. The fourth-order valence-corrected chi connectivity index (χ4v) is 10.7. The highest BCUT2D eigenvalue weighted by atomic mass is 35.5. The summed E-state index contributed by atoms with van der Waals surface area (Å²) in [6, 6.07) is 0.123. The number of imidazole rings is 1. The zero-order valence-corrected chi connectivity index (χ0v) is 33.2. The molecule has 3 N–H and O–H groups in total. The number of aromatic nitrogens is 4. The van der Waals surface area contributed by atoms with Gasteiger partial charge in [-0.1, -0.05) is 33.8 Å². The molecule has 0 radical (unpaired) electrons. The van der Waals surface area contributed by atoms with Crippen LogP contribution in [-0.4, -0.2) is 116 Å². The quantitative estimate of drug-likeness (QED) is 0.298. The molecule has 5 aliphatic rings. The van der Waals surface area contributed by atoms with Crippen LogP contribution in [0.1, 0.15) is 72.6 Å². The number of nitrogens with two attached hydrogens (primary N) is 1. The number of anilines is 1. The molecule has 2 bridgehead atoms. The number of carbonyl (C=O) groups is 3. The van der Waals surface area contributed by atoms with Crippen LogP contribution in [0.25, 0.3) is 11.2 Å². The van der Waals surface area contributed by atoms with Crippen molar-refractivity contribution >= 4 is 59.5 Å². The lowest BCUT2D eigenvalue weighted by molar-refractivity contribution is -0.207. The number of halogens is 2. The molecule has 3 aliphatic carbocycles. The molecule has 15 heteroatoms. The summed E-state index contributed by atoms with van der Waals surface area (Å²) >= 11 is 0. The second-order valence-corrected chi connectivity index (χ2v) is 16.8. The number of ether oxygens (including phenoxy) is 1. The van der Waals surface area contributed by atoms with E-state index in [1.54, 1.807) is 12.7 Å². The van der Waals surface area contributed by atoms with Crippen molar-refractivity contribution in [3.8, 4) is 0 Å². The number of nitrogens with zero attached hydrogens (tertiary/aromatic N) is 7. The summed E-state index contributed by atoms with van der Waals surface area (Å²) in [4.78, 5) is 60.3. The van der Waals surface area contributed by atoms with Gasteiger partial charge in [-0.05, 0) is 49.4 Å². The standard InChI is InChI=1S/C38H56N8O5.2ClH/c1-6-36(4)19-28(37(5)24(2)7-11-38(25(3)33(36)50)12-8-27(47)32(37)38)51-30(49)21-43-15-17-44(18-16-43)29(48)10-14-46-23-42-31-34(40-22-41-35(31)46)45-13-9-26(39)20-45;;/h6,22-26,28,32-33,50H,1,7-21,39H2,2-5H3;2*1H/t24-,25+,26?,28-,32+,33+,36-,37+,38+;;/m1../s1. The van der Waals surface area contributed by atoms with Crippen molar-refractivity contribution in [2.45, 2.75) is 97.4 Å². The van der Waals surface area contributed by atoms with Crippen LogP contribution < -0.4 is 10.6 Å². The van der Waals surface area contributed by atoms with Crippen molar-refractivity contribution in [2.75, 3.05) is 50.7 Å². The Balaban J connectivity index is 0.00000271. The number of fused-ring (bicyclic) bond motifs is 1. The predicted molar refractivity (Wildman–Crippen MR) is 207 cm³/mol. The van der Waals surface area contributed by atoms with Crippen LogP contribution in [0.3, 0.4) is 0 Å². The van der Waals surface area contributed by atoms with Gasteiger partial charge in [0.15, 0.2) is 17.0 Å². The van der Waals surface area contributed by atoms with Crippen molar-refractivity contribution in [3.05, 3.63) is 25.3 Å². The number of aryl methyl sites for hydroxylation is 1. The van der Waals surface area contributed by atoms with Gasteiger partial charge in [-0.3, -0.25) is 19.3 Å². The summed E-state index contributed by atoms with van der Waals surface area (Å²) in [6.07, 6.45) is 8.64. The summed E-state index contributed by atoms with van der Waals surface area (Å²) in [7, 11) is 0. The van der Waals surface area contributed by atoms with Crippen molar-refractivity contribution < 1.29 is 24.2 Å². The summed E-state index contributed by atoms with van der Waals surface area (Å²) in [5.74, 6) is 0.618. The van der Waals surface area contributed by atoms with Crippen LogP contribution in [0.4, 0.5) is 5.82 Å². The molecule has 1 unspecified atom stereocenters. The largest absolute Gasteiger partial charge is 0.461 e. The second kappa shape index (κ2) is 15.7. The van der Waals surface area contributed by atoms with Crippen LogP contribution in [0, 0.1) is 34.0 Å². The summed E-state index contributed by atoms with van der Waals surface area (Å²) < 4.78 is 8.36. The number of Topliss-reactive ketones (excluding diaryl/α,β-unsaturated/α-hetero) is 1. The van der Waals surface area contributed by atoms with E-state index in [-0.39, 0.29) is 78.2 Å². The number of piperazine rings is 1. The SMILES string of the molecule is C=C[C@]1(C)C[C@@H](OC(=O)CN2CCN(C(=O)CCn3cnc4c(N5CCC(N)C5)ncnc43)CC2)[C@]2(C)[C@H](C)CC[C@]3(CCC(=O)[C@H]32)[C@@H](C)[C@@H]1O.Cl.Cl. The van der Waals surface area contributed by atoms with Gasteiger partial charge in [0.25, 0.3) is 0 Å². The normalized spacial score (nSPS) is 35.8. The highest BCUT2D eigenvalue weighted by Gasteiger charge is 2.68. The number of aliphatic hydroxyl groups is 1. The van der Waals surface area contributed by atoms with E-state index in [2.05, 4.69) is 47.2 Å². The van der Waals surface area contributed by atoms with Crippen LogP contribution in [0.2, 0.25) is 0 Å². The average Bonchev–Trinajstić information content (AvgIpc) is 3.85. The van der Waals surface area contributed by atoms with Crippen molar-refractivity contribution in [2.24, 2.45) is 39.7 Å². The molecule has 4 heterocycles. The highest BCUT2D eigenvalue weighted by molar-refractivity contribution is 5.86. The fraction of sp³-hybridized carbons (Fsp3) is 0.737. The molecule has 5 fully saturated rings. The van der Waals surface area contributed by atoms with E-state index in [1.807, 2.05) is 27.4 Å². The number of aliphatic hydroxyl groups excluding tert-OH is 1. The monoisotopic (exact) mass is 776 g/mol. The van der Waals surface area contributed by atoms with Gasteiger partial charge in [0.1, 0.15) is 18.2 Å². The van der Waals surface area contributed by atoms with E-state index in [0.717, 1.165) is 50.1 Å². The van der Waals surface area contributed by atoms with Crippen LogP contribution in [-0.2, 0) is 25.7 Å². The maximum absolute atomic E-state index is 13.7. The third kappa shape index (κ3) is 7.09. The number of rotatable bonds is 8. The molecule has 7 rings (SSSR count). The van der Waals surface area contributed by atoms with E-state index in [1.165, 1.54) is 0 Å². The Hall–Kier alpha value is -2.84. The van der Waals surface area contributed by atoms with Gasteiger partial charge < -0.3 is 29.9 Å². The maximum Gasteiger partial charge on any atom is 0.320 e. The minimum Gasteiger partial charge on any atom is -0.461 e. The van der Waals surface area contributed by atoms with Gasteiger partial charge in [-0.2, -0.15) is 0 Å². The molecular formula is C38H58Cl2N8O5. The Morgan fingerprint density at radius 3 is 2.49 bits per heavy atom. The van der Waals surface area contributed by atoms with Gasteiger partial charge >= 0.3 is 5.97 Å². The number of ketones is 1. The van der Waals surface area contributed by atoms with Gasteiger partial charge in [0.05, 0.1) is 19.0 Å². The van der Waals surface area contributed by atoms with E-state index in [9.17, 15) is 19.5 Å². The molecule has 9 atom stereocenters. The number of hydrogen-bond donors (Lipinski definition) is 2. The van der Waals surface area contributed by atoms with E-state index < -0.39 is 23.0 Å². The first-order valence-electron chi connectivity index (χ1n) is 19.0. The lowest BCUT2D eigenvalue weighted by Crippen LogP contribution is -2.63. The first-order chi connectivity index (χ1) is 24.3. The molecule has 13 nitrogen and oxygen atoms in total. The van der Waals surface area contributed by atoms with Gasteiger partial charge in [0.2, 0.25) is 5.91 Å². The molecule has 1 amide bonds. The minimum atomic E-state index is -0.694. The molecule has 294 valence electrons. The molecule has 0 aromatic carbocycles. The van der Waals surface area contributed by atoms with Gasteiger partial charge in [-0.25, -0.2) is 15.0 Å². The Morgan fingerprint density at radius 2 is 1.81 bits per heavy atom. The summed E-state index contributed by atoms with van der Waals surface area (Å²) in [5.41, 5.74) is 6.02. The van der Waals surface area contributed by atoms with E-state index in [0.29, 0.717) is 57.6 Å². The Kier molecular flexibility index (Phi) is 12.3. The van der Waals surface area contributed by atoms with E-state index in [4.69, 9.17) is 10.5 Å². The Labute approximate surface area is 325 Å². The van der Waals surface area contributed by atoms with Crippen LogP contribution >= 0.6 is 24.8 Å². The van der Waals surface area contributed by atoms with Crippen LogP contribution in [0.5, 0.6) is 0 Å². The smallest absolute Gasteiger partial charge is 0.320 e. The van der Waals surface area contributed by atoms with E-state index >= 15 is 0 Å². The van der Waals surface area contributed by atoms with Crippen molar-refractivity contribution in [3.63, 3.8) is 0 Å². The topological polar surface area (TPSA) is 160 Å². The lowest BCUT2D eigenvalue weighted by atomic mass is 9.44. The van der Waals surface area contributed by atoms with Crippen molar-refractivity contribution in [1.29, 1.82) is 0 Å². The third-order valence-corrected chi connectivity index (χ3v) is 14.1. The summed E-state index contributed by atoms with van der Waals surface area (Å²) in [5, 5.41) is 11.8.